The van der Waals surface area contributed by atoms with Crippen LogP contribution in [0.3, 0.4) is 0 Å². The average Bonchev–Trinajstić information content (AvgIpc) is 2.58. The highest BCUT2D eigenvalue weighted by Crippen LogP contribution is 2.23. The summed E-state index contributed by atoms with van der Waals surface area (Å²) in [7, 11) is 0. The molecule has 19 heavy (non-hydrogen) atoms. The molecule has 2 amide bonds. The van der Waals surface area contributed by atoms with E-state index in [0.717, 1.165) is 0 Å². The maximum Gasteiger partial charge on any atom is 0.261 e. The van der Waals surface area contributed by atoms with E-state index in [0.29, 0.717) is 37.3 Å². The van der Waals surface area contributed by atoms with E-state index in [4.69, 9.17) is 0 Å². The number of carbonyl (C=O) groups excluding carboxylic acids is 2. The van der Waals surface area contributed by atoms with Crippen LogP contribution in [0, 0.1) is 0 Å². The first-order chi connectivity index (χ1) is 8.98. The van der Waals surface area contributed by atoms with Crippen molar-refractivity contribution in [2.75, 3.05) is 26.2 Å². The lowest BCUT2D eigenvalue weighted by molar-refractivity contribution is -0.0836. The molecule has 100 valence electrons. The Balaban J connectivity index is 1.65. The molecule has 1 N–H and O–H groups in total. The molecular weight excluding hydrogens is 244 g/mol. The monoisotopic (exact) mass is 260 g/mol. The second-order valence-corrected chi connectivity index (χ2v) is 5.52. The highest BCUT2D eigenvalue weighted by molar-refractivity contribution is 6.21. The first-order valence-electron chi connectivity index (χ1n) is 6.38. The molecule has 3 rings (SSSR count). The van der Waals surface area contributed by atoms with Crippen LogP contribution in [-0.4, -0.2) is 58.5 Å². The lowest BCUT2D eigenvalue weighted by Gasteiger charge is -2.44. The molecule has 0 spiro atoms. The van der Waals surface area contributed by atoms with Crippen molar-refractivity contribution in [2.24, 2.45) is 0 Å². The zero-order chi connectivity index (χ0) is 13.6. The van der Waals surface area contributed by atoms with Crippen LogP contribution in [0.15, 0.2) is 24.3 Å². The maximum absolute atomic E-state index is 12.1. The molecule has 0 unspecified atom stereocenters. The van der Waals surface area contributed by atoms with Gasteiger partial charge in [0.2, 0.25) is 0 Å². The summed E-state index contributed by atoms with van der Waals surface area (Å²) in [6.07, 6.45) is 0. The molecule has 1 aromatic carbocycles. The van der Waals surface area contributed by atoms with Crippen molar-refractivity contribution in [1.29, 1.82) is 0 Å². The summed E-state index contributed by atoms with van der Waals surface area (Å²) in [6, 6.07) is 6.90. The Morgan fingerprint density at radius 2 is 1.63 bits per heavy atom. The van der Waals surface area contributed by atoms with Gasteiger partial charge >= 0.3 is 0 Å². The molecule has 1 saturated heterocycles. The van der Waals surface area contributed by atoms with E-state index in [1.54, 1.807) is 31.2 Å². The number of fused-ring (bicyclic) bond motifs is 1. The van der Waals surface area contributed by atoms with Crippen molar-refractivity contribution in [2.45, 2.75) is 12.5 Å². The lowest BCUT2D eigenvalue weighted by Crippen LogP contribution is -2.61. The van der Waals surface area contributed by atoms with Gasteiger partial charge < -0.3 is 5.11 Å². The van der Waals surface area contributed by atoms with Crippen LogP contribution in [0.4, 0.5) is 0 Å². The fourth-order valence-electron chi connectivity index (χ4n) is 2.76. The number of imide groups is 1. The molecule has 0 saturated carbocycles. The molecule has 1 aromatic rings. The minimum atomic E-state index is -0.623. The van der Waals surface area contributed by atoms with E-state index in [1.807, 2.05) is 4.90 Å². The number of amides is 2. The molecule has 0 bridgehead atoms. The Labute approximate surface area is 111 Å². The van der Waals surface area contributed by atoms with Gasteiger partial charge in [-0.1, -0.05) is 12.1 Å². The number of hydrogen-bond acceptors (Lipinski definition) is 4. The van der Waals surface area contributed by atoms with Crippen LogP contribution < -0.4 is 0 Å². The summed E-state index contributed by atoms with van der Waals surface area (Å²) in [5, 5.41) is 9.63. The lowest BCUT2D eigenvalue weighted by atomic mass is 9.97. The highest BCUT2D eigenvalue weighted by Gasteiger charge is 2.39. The number of aliphatic hydroxyl groups is 1. The van der Waals surface area contributed by atoms with Crippen molar-refractivity contribution in [3.63, 3.8) is 0 Å². The Kier molecular flexibility index (Phi) is 2.69. The molecule has 2 aliphatic rings. The zero-order valence-corrected chi connectivity index (χ0v) is 10.8. The van der Waals surface area contributed by atoms with Gasteiger partial charge in [0, 0.05) is 26.2 Å². The molecule has 5 nitrogen and oxygen atoms in total. The summed E-state index contributed by atoms with van der Waals surface area (Å²) < 4.78 is 0. The molecular formula is C14H16N2O3. The Morgan fingerprint density at radius 1 is 1.11 bits per heavy atom. The predicted molar refractivity (Wildman–Crippen MR) is 68.9 cm³/mol. The van der Waals surface area contributed by atoms with Crippen molar-refractivity contribution in [3.05, 3.63) is 35.4 Å². The fourth-order valence-corrected chi connectivity index (χ4v) is 2.76. The minimum absolute atomic E-state index is 0.215. The Hall–Kier alpha value is -1.72. The summed E-state index contributed by atoms with van der Waals surface area (Å²) in [4.78, 5) is 27.5. The number of rotatable bonds is 3. The van der Waals surface area contributed by atoms with Gasteiger partial charge in [0.05, 0.1) is 16.7 Å². The molecule has 2 aliphatic heterocycles. The van der Waals surface area contributed by atoms with Crippen molar-refractivity contribution < 1.29 is 14.7 Å². The van der Waals surface area contributed by atoms with E-state index in [1.165, 1.54) is 4.90 Å². The van der Waals surface area contributed by atoms with Gasteiger partial charge in [0.15, 0.2) is 0 Å². The van der Waals surface area contributed by atoms with Crippen LogP contribution in [0.1, 0.15) is 27.6 Å². The number of likely N-dealkylation sites (tertiary alicyclic amines) is 1. The number of nitrogens with zero attached hydrogens (tertiary/aromatic N) is 2. The molecule has 2 heterocycles. The first kappa shape index (κ1) is 12.3. The molecule has 0 aromatic heterocycles. The SMILES string of the molecule is CC1(O)CN(CCN2C(=O)c3ccccc3C2=O)C1. The van der Waals surface area contributed by atoms with Crippen LogP contribution in [0.25, 0.3) is 0 Å². The van der Waals surface area contributed by atoms with Gasteiger partial charge in [0.25, 0.3) is 11.8 Å². The van der Waals surface area contributed by atoms with Crippen LogP contribution in [-0.2, 0) is 0 Å². The van der Waals surface area contributed by atoms with Crippen molar-refractivity contribution in [1.82, 2.24) is 9.80 Å². The van der Waals surface area contributed by atoms with E-state index in [2.05, 4.69) is 0 Å². The van der Waals surface area contributed by atoms with E-state index < -0.39 is 5.60 Å². The van der Waals surface area contributed by atoms with Crippen LogP contribution in [0.2, 0.25) is 0 Å². The summed E-state index contributed by atoms with van der Waals surface area (Å²) in [6.45, 7) is 3.96. The summed E-state index contributed by atoms with van der Waals surface area (Å²) in [5.74, 6) is -0.430. The molecule has 0 atom stereocenters. The highest BCUT2D eigenvalue weighted by atomic mass is 16.3. The van der Waals surface area contributed by atoms with Gasteiger partial charge in [-0.15, -0.1) is 0 Å². The number of benzene rings is 1. The van der Waals surface area contributed by atoms with Gasteiger partial charge in [0.1, 0.15) is 0 Å². The smallest absolute Gasteiger partial charge is 0.261 e. The van der Waals surface area contributed by atoms with Gasteiger partial charge in [-0.3, -0.25) is 19.4 Å². The zero-order valence-electron chi connectivity index (χ0n) is 10.8. The normalized spacial score (nSPS) is 21.5. The first-order valence-corrected chi connectivity index (χ1v) is 6.38. The standard InChI is InChI=1S/C14H16N2O3/c1-14(19)8-15(9-14)6-7-16-12(17)10-4-2-3-5-11(10)13(16)18/h2-5,19H,6-9H2,1H3. The Morgan fingerprint density at radius 3 is 2.11 bits per heavy atom. The third-order valence-electron chi connectivity index (χ3n) is 3.65. The average molecular weight is 260 g/mol. The second-order valence-electron chi connectivity index (χ2n) is 5.52. The fraction of sp³-hybridized carbons (Fsp3) is 0.429. The third kappa shape index (κ3) is 2.05. The van der Waals surface area contributed by atoms with Gasteiger partial charge in [-0.25, -0.2) is 0 Å². The predicted octanol–water partition coefficient (Wildman–Crippen LogP) is 0.349. The van der Waals surface area contributed by atoms with Crippen molar-refractivity contribution in [3.8, 4) is 0 Å². The van der Waals surface area contributed by atoms with E-state index in [9.17, 15) is 14.7 Å². The summed E-state index contributed by atoms with van der Waals surface area (Å²) >= 11 is 0. The Bertz CT molecular complexity index is 510. The third-order valence-corrected chi connectivity index (χ3v) is 3.65. The quantitative estimate of drug-likeness (QED) is 0.797. The van der Waals surface area contributed by atoms with E-state index in [-0.39, 0.29) is 11.8 Å². The second kappa shape index (κ2) is 4.15. The molecule has 5 heteroatoms. The molecule has 1 fully saturated rings. The maximum atomic E-state index is 12.1. The van der Waals surface area contributed by atoms with Crippen LogP contribution >= 0.6 is 0 Å². The largest absolute Gasteiger partial charge is 0.388 e. The van der Waals surface area contributed by atoms with E-state index >= 15 is 0 Å². The van der Waals surface area contributed by atoms with Crippen molar-refractivity contribution >= 4 is 11.8 Å². The topological polar surface area (TPSA) is 60.9 Å². The van der Waals surface area contributed by atoms with Gasteiger partial charge in [-0.2, -0.15) is 0 Å². The minimum Gasteiger partial charge on any atom is -0.388 e. The molecule has 0 radical (unpaired) electrons. The van der Waals surface area contributed by atoms with Crippen LogP contribution in [0.5, 0.6) is 0 Å². The number of hydrogen-bond donors (Lipinski definition) is 1. The number of carbonyl (C=O) groups is 2. The molecule has 0 aliphatic carbocycles. The summed E-state index contributed by atoms with van der Waals surface area (Å²) in [5.41, 5.74) is 0.355. The number of β-amino-alcohol motifs (C(OH)–C–C–N with tert-alkyl or cyclic N) is 1. The van der Waals surface area contributed by atoms with Gasteiger partial charge in [-0.05, 0) is 19.1 Å².